The standard InChI is InChI=1S/C15H21N9O/c1-16-9-4-5-24(7-9)15-20-12(11-13(21-15)23(2)8-17-11)19-10-6-18-22-14(10)25-3/h6,8-9,16H,4-5,7H2,1-3H3,(H,18,22)(H,19,20,21). The molecule has 0 spiro atoms. The Hall–Kier alpha value is -2.88. The van der Waals surface area contributed by atoms with Gasteiger partial charge in [0.15, 0.2) is 17.0 Å². The lowest BCUT2D eigenvalue weighted by Crippen LogP contribution is -2.30. The van der Waals surface area contributed by atoms with Crippen molar-refractivity contribution >= 4 is 28.6 Å². The second-order valence-electron chi connectivity index (χ2n) is 6.06. The number of ether oxygens (including phenoxy) is 1. The van der Waals surface area contributed by atoms with Gasteiger partial charge in [-0.3, -0.25) is 0 Å². The Labute approximate surface area is 144 Å². The number of fused-ring (bicyclic) bond motifs is 1. The molecule has 1 aliphatic heterocycles. The van der Waals surface area contributed by atoms with E-state index in [9.17, 15) is 0 Å². The van der Waals surface area contributed by atoms with E-state index < -0.39 is 0 Å². The van der Waals surface area contributed by atoms with Crippen molar-refractivity contribution in [1.29, 1.82) is 0 Å². The van der Waals surface area contributed by atoms with Gasteiger partial charge in [0.25, 0.3) is 0 Å². The third-order valence-corrected chi connectivity index (χ3v) is 4.49. The van der Waals surface area contributed by atoms with Crippen molar-refractivity contribution in [3.63, 3.8) is 0 Å². The van der Waals surface area contributed by atoms with E-state index in [1.54, 1.807) is 19.6 Å². The zero-order valence-electron chi connectivity index (χ0n) is 14.4. The minimum Gasteiger partial charge on any atom is -0.480 e. The lowest BCUT2D eigenvalue weighted by atomic mass is 10.3. The molecule has 10 heteroatoms. The average Bonchev–Trinajstić information content (AvgIpc) is 3.35. The first-order valence-corrected chi connectivity index (χ1v) is 8.15. The van der Waals surface area contributed by atoms with Crippen LogP contribution in [0.3, 0.4) is 0 Å². The highest BCUT2D eigenvalue weighted by Gasteiger charge is 2.25. The molecule has 0 radical (unpaired) electrons. The molecule has 0 aliphatic carbocycles. The van der Waals surface area contributed by atoms with Crippen molar-refractivity contribution in [2.45, 2.75) is 12.5 Å². The van der Waals surface area contributed by atoms with Gasteiger partial charge < -0.3 is 24.8 Å². The van der Waals surface area contributed by atoms with Crippen LogP contribution in [0.25, 0.3) is 11.2 Å². The summed E-state index contributed by atoms with van der Waals surface area (Å²) in [4.78, 5) is 16.0. The molecule has 132 valence electrons. The number of aromatic amines is 1. The number of hydrogen-bond acceptors (Lipinski definition) is 8. The molecule has 0 saturated carbocycles. The lowest BCUT2D eigenvalue weighted by Gasteiger charge is -2.17. The Morgan fingerprint density at radius 2 is 2.24 bits per heavy atom. The number of likely N-dealkylation sites (N-methyl/N-ethyl adjacent to an activating group) is 1. The minimum atomic E-state index is 0.455. The second kappa shape index (κ2) is 6.20. The number of nitrogens with one attached hydrogen (secondary N) is 3. The van der Waals surface area contributed by atoms with Crippen LogP contribution in [0.2, 0.25) is 0 Å². The number of nitrogens with zero attached hydrogens (tertiary/aromatic N) is 6. The van der Waals surface area contributed by atoms with Gasteiger partial charge in [-0.2, -0.15) is 15.1 Å². The molecule has 10 nitrogen and oxygen atoms in total. The molecule has 1 fully saturated rings. The smallest absolute Gasteiger partial charge is 0.233 e. The van der Waals surface area contributed by atoms with E-state index in [-0.39, 0.29) is 0 Å². The number of aromatic nitrogens is 6. The van der Waals surface area contributed by atoms with Crippen molar-refractivity contribution in [2.24, 2.45) is 7.05 Å². The highest BCUT2D eigenvalue weighted by Crippen LogP contribution is 2.29. The normalized spacial score (nSPS) is 17.4. The Bertz CT molecular complexity index is 886. The van der Waals surface area contributed by atoms with Crippen LogP contribution >= 0.6 is 0 Å². The van der Waals surface area contributed by atoms with Gasteiger partial charge in [-0.1, -0.05) is 0 Å². The van der Waals surface area contributed by atoms with Gasteiger partial charge in [0.05, 0.1) is 19.6 Å². The molecule has 4 rings (SSSR count). The summed E-state index contributed by atoms with van der Waals surface area (Å²) in [5.74, 6) is 1.87. The third-order valence-electron chi connectivity index (χ3n) is 4.49. The molecule has 3 aromatic rings. The van der Waals surface area contributed by atoms with Crippen LogP contribution in [0.4, 0.5) is 17.5 Å². The van der Waals surface area contributed by atoms with Crippen LogP contribution in [0.15, 0.2) is 12.5 Å². The number of methoxy groups -OCH3 is 1. The van der Waals surface area contributed by atoms with E-state index in [0.717, 1.165) is 25.2 Å². The van der Waals surface area contributed by atoms with Crippen molar-refractivity contribution in [1.82, 2.24) is 35.0 Å². The predicted octanol–water partition coefficient (Wildman–Crippen LogP) is 0.637. The molecule has 3 N–H and O–H groups in total. The summed E-state index contributed by atoms with van der Waals surface area (Å²) in [6.45, 7) is 1.80. The fourth-order valence-electron chi connectivity index (χ4n) is 3.05. The molecule has 3 aromatic heterocycles. The van der Waals surface area contributed by atoms with Gasteiger partial charge in [0.2, 0.25) is 11.8 Å². The molecule has 1 unspecified atom stereocenters. The number of hydrogen-bond donors (Lipinski definition) is 3. The first-order chi connectivity index (χ1) is 12.2. The van der Waals surface area contributed by atoms with Crippen LogP contribution in [-0.4, -0.2) is 63.0 Å². The molecule has 1 saturated heterocycles. The summed E-state index contributed by atoms with van der Waals surface area (Å²) >= 11 is 0. The molecular weight excluding hydrogens is 322 g/mol. The van der Waals surface area contributed by atoms with E-state index in [1.165, 1.54) is 0 Å². The van der Waals surface area contributed by atoms with Gasteiger partial charge in [-0.25, -0.2) is 10.1 Å². The highest BCUT2D eigenvalue weighted by molar-refractivity contribution is 5.87. The van der Waals surface area contributed by atoms with Crippen molar-refractivity contribution in [3.8, 4) is 5.88 Å². The van der Waals surface area contributed by atoms with Crippen molar-refractivity contribution < 1.29 is 4.74 Å². The van der Waals surface area contributed by atoms with Gasteiger partial charge in [0, 0.05) is 26.2 Å². The summed E-state index contributed by atoms with van der Waals surface area (Å²) in [5, 5.41) is 13.4. The number of anilines is 3. The van der Waals surface area contributed by atoms with Crippen LogP contribution in [0.1, 0.15) is 6.42 Å². The Morgan fingerprint density at radius 1 is 1.36 bits per heavy atom. The summed E-state index contributed by atoms with van der Waals surface area (Å²) < 4.78 is 7.16. The Kier molecular flexibility index (Phi) is 3.88. The van der Waals surface area contributed by atoms with E-state index in [4.69, 9.17) is 14.7 Å². The largest absolute Gasteiger partial charge is 0.480 e. The van der Waals surface area contributed by atoms with E-state index in [1.807, 2.05) is 18.7 Å². The maximum atomic E-state index is 5.27. The van der Waals surface area contributed by atoms with Crippen LogP contribution < -0.4 is 20.3 Å². The Balaban J connectivity index is 1.75. The van der Waals surface area contributed by atoms with Gasteiger partial charge in [-0.05, 0) is 13.5 Å². The zero-order valence-corrected chi connectivity index (χ0v) is 14.4. The summed E-state index contributed by atoms with van der Waals surface area (Å²) in [7, 11) is 5.49. The molecule has 1 aliphatic rings. The van der Waals surface area contributed by atoms with Crippen molar-refractivity contribution in [2.75, 3.05) is 37.5 Å². The van der Waals surface area contributed by atoms with E-state index in [0.29, 0.717) is 34.9 Å². The molecule has 0 aromatic carbocycles. The molecule has 1 atom stereocenters. The molecule has 4 heterocycles. The van der Waals surface area contributed by atoms with Crippen LogP contribution in [-0.2, 0) is 7.05 Å². The van der Waals surface area contributed by atoms with Crippen molar-refractivity contribution in [3.05, 3.63) is 12.5 Å². The summed E-state index contributed by atoms with van der Waals surface area (Å²) in [6, 6.07) is 0.455. The first-order valence-electron chi connectivity index (χ1n) is 8.15. The molecule has 25 heavy (non-hydrogen) atoms. The second-order valence-corrected chi connectivity index (χ2v) is 6.06. The van der Waals surface area contributed by atoms with E-state index >= 15 is 0 Å². The predicted molar refractivity (Wildman–Crippen MR) is 94.4 cm³/mol. The Morgan fingerprint density at radius 3 is 3.00 bits per heavy atom. The van der Waals surface area contributed by atoms with Crippen LogP contribution in [0.5, 0.6) is 5.88 Å². The zero-order chi connectivity index (χ0) is 17.4. The van der Waals surface area contributed by atoms with Gasteiger partial charge in [0.1, 0.15) is 5.69 Å². The monoisotopic (exact) mass is 343 g/mol. The number of H-pyrrole nitrogens is 1. The molecular formula is C15H21N9O. The minimum absolute atomic E-state index is 0.455. The van der Waals surface area contributed by atoms with Gasteiger partial charge in [-0.15, -0.1) is 0 Å². The lowest BCUT2D eigenvalue weighted by molar-refractivity contribution is 0.399. The fraction of sp³-hybridized carbons (Fsp3) is 0.467. The maximum Gasteiger partial charge on any atom is 0.233 e. The molecule has 0 amide bonds. The SMILES string of the molecule is CNC1CCN(c2nc(Nc3cn[nH]c3OC)c3ncn(C)c3n2)C1. The van der Waals surface area contributed by atoms with Gasteiger partial charge >= 0.3 is 0 Å². The average molecular weight is 343 g/mol. The highest BCUT2D eigenvalue weighted by atomic mass is 16.5. The maximum absolute atomic E-state index is 5.27. The molecule has 0 bridgehead atoms. The van der Waals surface area contributed by atoms with Crippen LogP contribution in [0, 0.1) is 0 Å². The quantitative estimate of drug-likeness (QED) is 0.619. The topological polar surface area (TPSA) is 109 Å². The van der Waals surface area contributed by atoms with E-state index in [2.05, 4.69) is 30.7 Å². The first kappa shape index (κ1) is 15.6. The number of aryl methyl sites for hydroxylation is 1. The fourth-order valence-corrected chi connectivity index (χ4v) is 3.05. The summed E-state index contributed by atoms with van der Waals surface area (Å²) in [6.07, 6.45) is 4.46. The third kappa shape index (κ3) is 2.74. The number of imidazole rings is 1. The number of rotatable bonds is 5. The summed E-state index contributed by atoms with van der Waals surface area (Å²) in [5.41, 5.74) is 2.19.